The summed E-state index contributed by atoms with van der Waals surface area (Å²) in [5.41, 5.74) is 0.661. The van der Waals surface area contributed by atoms with Crippen LogP contribution in [0.4, 0.5) is 4.39 Å². The van der Waals surface area contributed by atoms with Crippen LogP contribution < -0.4 is 10.6 Å². The molecule has 0 heterocycles. The van der Waals surface area contributed by atoms with Crippen LogP contribution in [0.25, 0.3) is 0 Å². The van der Waals surface area contributed by atoms with E-state index < -0.39 is 0 Å². The number of amides is 1. The molecule has 0 aliphatic heterocycles. The van der Waals surface area contributed by atoms with Crippen molar-refractivity contribution in [3.63, 3.8) is 0 Å². The van der Waals surface area contributed by atoms with E-state index in [1.165, 1.54) is 11.0 Å². The molecule has 0 aromatic heterocycles. The minimum absolute atomic E-state index is 0. The summed E-state index contributed by atoms with van der Waals surface area (Å²) in [7, 11) is 3.39. The lowest BCUT2D eigenvalue weighted by atomic mass is 10.1. The number of halogens is 2. The van der Waals surface area contributed by atoms with Gasteiger partial charge in [-0.25, -0.2) is 9.38 Å². The molecule has 0 radical (unpaired) electrons. The number of carbonyl (C=O) groups excluding carboxylic acids is 1. The van der Waals surface area contributed by atoms with E-state index in [9.17, 15) is 9.18 Å². The normalized spacial score (nSPS) is 10.7. The zero-order valence-electron chi connectivity index (χ0n) is 13.9. The number of nitrogens with zero attached hydrogens (tertiary/aromatic N) is 2. The van der Waals surface area contributed by atoms with Gasteiger partial charge in [0.05, 0.1) is 0 Å². The van der Waals surface area contributed by atoms with Crippen LogP contribution in [-0.4, -0.2) is 50.5 Å². The third-order valence-electron chi connectivity index (χ3n) is 3.06. The summed E-state index contributed by atoms with van der Waals surface area (Å²) in [6, 6.07) is 6.71. The maximum atomic E-state index is 13.5. The predicted molar refractivity (Wildman–Crippen MR) is 103 cm³/mol. The Labute approximate surface area is 154 Å². The molecule has 0 fully saturated rings. The minimum Gasteiger partial charge on any atom is -0.356 e. The summed E-state index contributed by atoms with van der Waals surface area (Å²) in [5, 5.41) is 6.27. The van der Waals surface area contributed by atoms with Crippen LogP contribution in [0.3, 0.4) is 0 Å². The highest BCUT2D eigenvalue weighted by atomic mass is 127. The SMILES string of the molecule is CCCNC(=NCC(=O)N(C)C)NCCc1ccccc1F.I. The largest absolute Gasteiger partial charge is 0.356 e. The van der Waals surface area contributed by atoms with Gasteiger partial charge < -0.3 is 15.5 Å². The first kappa shape index (κ1) is 21.6. The van der Waals surface area contributed by atoms with Gasteiger partial charge in [0, 0.05) is 27.2 Å². The molecule has 0 aliphatic rings. The summed E-state index contributed by atoms with van der Waals surface area (Å²) >= 11 is 0. The zero-order valence-corrected chi connectivity index (χ0v) is 16.3. The molecule has 130 valence electrons. The lowest BCUT2D eigenvalue weighted by Crippen LogP contribution is -2.39. The Morgan fingerprint density at radius 1 is 1.22 bits per heavy atom. The number of likely N-dealkylation sites (N-methyl/N-ethyl adjacent to an activating group) is 1. The first-order chi connectivity index (χ1) is 10.5. The molecule has 0 bridgehead atoms. The standard InChI is InChI=1S/C16H25FN4O.HI/c1-4-10-18-16(20-12-15(22)21(2)3)19-11-9-13-7-5-6-8-14(13)17;/h5-8H,4,9-12H2,1-3H3,(H2,18,19,20);1H. The van der Waals surface area contributed by atoms with Crippen molar-refractivity contribution in [3.05, 3.63) is 35.6 Å². The second-order valence-electron chi connectivity index (χ2n) is 5.15. The quantitative estimate of drug-likeness (QED) is 0.391. The number of guanidine groups is 1. The van der Waals surface area contributed by atoms with Crippen molar-refractivity contribution >= 4 is 35.8 Å². The number of hydrogen-bond acceptors (Lipinski definition) is 2. The van der Waals surface area contributed by atoms with Crippen LogP contribution in [0, 0.1) is 5.82 Å². The van der Waals surface area contributed by atoms with E-state index in [-0.39, 0.29) is 42.2 Å². The topological polar surface area (TPSA) is 56.7 Å². The van der Waals surface area contributed by atoms with Gasteiger partial charge in [-0.15, -0.1) is 24.0 Å². The summed E-state index contributed by atoms with van der Waals surface area (Å²) < 4.78 is 13.5. The molecule has 0 spiro atoms. The van der Waals surface area contributed by atoms with E-state index in [4.69, 9.17) is 0 Å². The number of nitrogens with one attached hydrogen (secondary N) is 2. The monoisotopic (exact) mass is 436 g/mol. The van der Waals surface area contributed by atoms with E-state index in [2.05, 4.69) is 22.5 Å². The maximum absolute atomic E-state index is 13.5. The first-order valence-corrected chi connectivity index (χ1v) is 7.50. The van der Waals surface area contributed by atoms with Crippen LogP contribution >= 0.6 is 24.0 Å². The van der Waals surface area contributed by atoms with E-state index >= 15 is 0 Å². The molecule has 1 aromatic carbocycles. The highest BCUT2D eigenvalue weighted by Crippen LogP contribution is 2.05. The fraction of sp³-hybridized carbons (Fsp3) is 0.500. The Morgan fingerprint density at radius 3 is 2.48 bits per heavy atom. The second-order valence-corrected chi connectivity index (χ2v) is 5.15. The molecule has 0 atom stereocenters. The fourth-order valence-corrected chi connectivity index (χ4v) is 1.72. The molecule has 0 aliphatic carbocycles. The summed E-state index contributed by atoms with van der Waals surface area (Å²) in [6.45, 7) is 3.45. The molecule has 0 saturated heterocycles. The Kier molecular flexibility index (Phi) is 11.4. The van der Waals surface area contributed by atoms with Gasteiger partial charge in [0.15, 0.2) is 5.96 Å². The molecule has 23 heavy (non-hydrogen) atoms. The summed E-state index contributed by atoms with van der Waals surface area (Å²) in [4.78, 5) is 17.3. The van der Waals surface area contributed by atoms with Crippen LogP contribution in [-0.2, 0) is 11.2 Å². The molecular weight excluding hydrogens is 410 g/mol. The number of hydrogen-bond donors (Lipinski definition) is 2. The Bertz CT molecular complexity index is 509. The Morgan fingerprint density at radius 2 is 1.87 bits per heavy atom. The molecule has 0 saturated carbocycles. The Balaban J connectivity index is 0.00000484. The third-order valence-corrected chi connectivity index (χ3v) is 3.06. The maximum Gasteiger partial charge on any atom is 0.243 e. The Hall–Kier alpha value is -1.38. The van der Waals surface area contributed by atoms with Crippen molar-refractivity contribution in [2.75, 3.05) is 33.7 Å². The smallest absolute Gasteiger partial charge is 0.243 e. The predicted octanol–water partition coefficient (Wildman–Crippen LogP) is 2.02. The van der Waals surface area contributed by atoms with Crippen molar-refractivity contribution < 1.29 is 9.18 Å². The molecule has 0 unspecified atom stereocenters. The lowest BCUT2D eigenvalue weighted by molar-refractivity contribution is -0.127. The second kappa shape index (κ2) is 12.1. The van der Waals surface area contributed by atoms with Crippen molar-refractivity contribution in [2.45, 2.75) is 19.8 Å². The van der Waals surface area contributed by atoms with Crippen molar-refractivity contribution in [2.24, 2.45) is 4.99 Å². The van der Waals surface area contributed by atoms with E-state index in [0.29, 0.717) is 24.5 Å². The van der Waals surface area contributed by atoms with Gasteiger partial charge in [0.2, 0.25) is 5.91 Å². The highest BCUT2D eigenvalue weighted by Gasteiger charge is 2.05. The van der Waals surface area contributed by atoms with Crippen LogP contribution in [0.2, 0.25) is 0 Å². The number of carbonyl (C=O) groups is 1. The van der Waals surface area contributed by atoms with Crippen LogP contribution in [0.5, 0.6) is 0 Å². The van der Waals surface area contributed by atoms with Crippen molar-refractivity contribution in [1.29, 1.82) is 0 Å². The van der Waals surface area contributed by atoms with Gasteiger partial charge in [-0.3, -0.25) is 4.79 Å². The average molecular weight is 436 g/mol. The lowest BCUT2D eigenvalue weighted by Gasteiger charge is -2.13. The average Bonchev–Trinajstić information content (AvgIpc) is 2.50. The highest BCUT2D eigenvalue weighted by molar-refractivity contribution is 14.0. The van der Waals surface area contributed by atoms with Crippen LogP contribution in [0.15, 0.2) is 29.3 Å². The molecule has 1 aromatic rings. The van der Waals surface area contributed by atoms with Gasteiger partial charge in [0.25, 0.3) is 0 Å². The van der Waals surface area contributed by atoms with Gasteiger partial charge in [0.1, 0.15) is 12.4 Å². The number of aliphatic imine (C=N–C) groups is 1. The number of rotatable bonds is 7. The summed E-state index contributed by atoms with van der Waals surface area (Å²) in [6.07, 6.45) is 1.51. The molecule has 5 nitrogen and oxygen atoms in total. The third kappa shape index (κ3) is 8.73. The minimum atomic E-state index is -0.202. The van der Waals surface area contributed by atoms with Crippen LogP contribution in [0.1, 0.15) is 18.9 Å². The van der Waals surface area contributed by atoms with Gasteiger partial charge >= 0.3 is 0 Å². The first-order valence-electron chi connectivity index (χ1n) is 7.50. The summed E-state index contributed by atoms with van der Waals surface area (Å²) in [5.74, 6) is 0.312. The van der Waals surface area contributed by atoms with Crippen molar-refractivity contribution in [3.8, 4) is 0 Å². The molecular formula is C16H26FIN4O. The number of benzene rings is 1. The molecule has 2 N–H and O–H groups in total. The van der Waals surface area contributed by atoms with E-state index in [0.717, 1.165) is 13.0 Å². The van der Waals surface area contributed by atoms with Gasteiger partial charge in [-0.05, 0) is 24.5 Å². The van der Waals surface area contributed by atoms with E-state index in [1.807, 2.05) is 6.07 Å². The zero-order chi connectivity index (χ0) is 16.4. The molecule has 1 rings (SSSR count). The van der Waals surface area contributed by atoms with Gasteiger partial charge in [-0.2, -0.15) is 0 Å². The molecule has 1 amide bonds. The molecule has 7 heteroatoms. The fourth-order valence-electron chi connectivity index (χ4n) is 1.72. The van der Waals surface area contributed by atoms with Gasteiger partial charge in [-0.1, -0.05) is 25.1 Å². The van der Waals surface area contributed by atoms with Crippen molar-refractivity contribution in [1.82, 2.24) is 15.5 Å². The van der Waals surface area contributed by atoms with E-state index in [1.54, 1.807) is 26.2 Å².